The minimum absolute atomic E-state index is 0.0657. The Hall–Kier alpha value is -5.24. The van der Waals surface area contributed by atoms with Crippen molar-refractivity contribution >= 4 is 23.5 Å². The number of nitriles is 1. The number of aryl methyl sites for hydroxylation is 1. The summed E-state index contributed by atoms with van der Waals surface area (Å²) in [4.78, 5) is 34.4. The van der Waals surface area contributed by atoms with Gasteiger partial charge in [-0.2, -0.15) is 31.6 Å². The third-order valence-electron chi connectivity index (χ3n) is 5.68. The standard InChI is InChI=1S/C25H22F3N7O2.C2HF3O2/c26-25(27,28)18-6-4-17(5-7-18)20-12-22-33-21(23(37)30-10-11-36)15-35(22)24(34-20)31-9-1-2-19-8-3-16(13-29)14-32-19;3-2(4,5)1(6)7/h3-8,12,14-15,36H,1-2,9-11H2,(H,30,37)(H,31,34);(H,6,7). The zero-order chi connectivity index (χ0) is 32.5. The summed E-state index contributed by atoms with van der Waals surface area (Å²) in [5, 5.41) is 30.7. The second kappa shape index (κ2) is 14.3. The van der Waals surface area contributed by atoms with Gasteiger partial charge >= 0.3 is 18.3 Å². The highest BCUT2D eigenvalue weighted by Crippen LogP contribution is 2.31. The monoisotopic (exact) mass is 623 g/mol. The van der Waals surface area contributed by atoms with Crippen LogP contribution < -0.4 is 10.6 Å². The molecule has 0 atom stereocenters. The van der Waals surface area contributed by atoms with Crippen LogP contribution in [-0.2, 0) is 17.4 Å². The first kappa shape index (κ1) is 33.3. The predicted octanol–water partition coefficient (Wildman–Crippen LogP) is 4.08. The first-order chi connectivity index (χ1) is 20.7. The van der Waals surface area contributed by atoms with Crippen LogP contribution in [0, 0.1) is 11.3 Å². The second-order valence-corrected chi connectivity index (χ2v) is 8.86. The summed E-state index contributed by atoms with van der Waals surface area (Å²) >= 11 is 0. The fourth-order valence-corrected chi connectivity index (χ4v) is 3.57. The van der Waals surface area contributed by atoms with E-state index in [2.05, 4.69) is 25.6 Å². The topological polar surface area (TPSA) is 166 Å². The number of nitrogens with one attached hydrogen (secondary N) is 2. The molecule has 0 radical (unpaired) electrons. The molecule has 0 spiro atoms. The van der Waals surface area contributed by atoms with Gasteiger partial charge in [0, 0.05) is 42.8 Å². The van der Waals surface area contributed by atoms with Crippen molar-refractivity contribution in [2.75, 3.05) is 25.0 Å². The lowest BCUT2D eigenvalue weighted by Crippen LogP contribution is -2.26. The zero-order valence-electron chi connectivity index (χ0n) is 22.4. The van der Waals surface area contributed by atoms with Crippen LogP contribution in [0.2, 0.25) is 0 Å². The molecule has 0 unspecified atom stereocenters. The van der Waals surface area contributed by atoms with Crippen LogP contribution in [0.25, 0.3) is 16.9 Å². The number of nitrogens with zero attached hydrogens (tertiary/aromatic N) is 5. The summed E-state index contributed by atoms with van der Waals surface area (Å²) in [7, 11) is 0. The van der Waals surface area contributed by atoms with E-state index in [1.807, 2.05) is 6.07 Å². The number of imidazole rings is 1. The van der Waals surface area contributed by atoms with Crippen molar-refractivity contribution in [3.05, 3.63) is 77.4 Å². The number of carboxylic acids is 1. The molecule has 0 fully saturated rings. The Kier molecular flexibility index (Phi) is 10.8. The molecule has 0 saturated heterocycles. The average molecular weight is 624 g/mol. The molecule has 4 N–H and O–H groups in total. The Morgan fingerprint density at radius 1 is 1.00 bits per heavy atom. The van der Waals surface area contributed by atoms with E-state index >= 15 is 0 Å². The van der Waals surface area contributed by atoms with E-state index in [1.165, 1.54) is 24.5 Å². The highest BCUT2D eigenvalue weighted by atomic mass is 19.4. The SMILES string of the molecule is N#Cc1ccc(CCCNc2nc(-c3ccc(C(F)(F)F)cc3)cc3nc(C(=O)NCCO)cn23)nc1.O=C(O)C(F)(F)F. The highest BCUT2D eigenvalue weighted by molar-refractivity contribution is 5.93. The summed E-state index contributed by atoms with van der Waals surface area (Å²) in [6.07, 6.45) is -5.22. The van der Waals surface area contributed by atoms with E-state index in [4.69, 9.17) is 20.3 Å². The van der Waals surface area contributed by atoms with Gasteiger partial charge in [0.05, 0.1) is 23.4 Å². The van der Waals surface area contributed by atoms with E-state index in [1.54, 1.807) is 22.6 Å². The van der Waals surface area contributed by atoms with E-state index in [-0.39, 0.29) is 18.8 Å². The van der Waals surface area contributed by atoms with Crippen molar-refractivity contribution in [1.82, 2.24) is 24.7 Å². The Labute approximate surface area is 244 Å². The van der Waals surface area contributed by atoms with Crippen LogP contribution in [0.15, 0.2) is 54.9 Å². The minimum Gasteiger partial charge on any atom is -0.475 e. The fourth-order valence-electron chi connectivity index (χ4n) is 3.57. The summed E-state index contributed by atoms with van der Waals surface area (Å²) in [6.45, 7) is 0.320. The Morgan fingerprint density at radius 2 is 1.68 bits per heavy atom. The number of aromatic nitrogens is 4. The first-order valence-corrected chi connectivity index (χ1v) is 12.6. The number of hydrogen-bond donors (Lipinski definition) is 4. The Bertz CT molecular complexity index is 1630. The van der Waals surface area contributed by atoms with Crippen molar-refractivity contribution in [3.8, 4) is 17.3 Å². The molecule has 17 heteroatoms. The number of anilines is 1. The number of carbonyl (C=O) groups is 2. The molecule has 3 heterocycles. The lowest BCUT2D eigenvalue weighted by atomic mass is 10.1. The number of benzene rings is 1. The number of pyridine rings is 1. The van der Waals surface area contributed by atoms with Gasteiger partial charge < -0.3 is 20.8 Å². The smallest absolute Gasteiger partial charge is 0.475 e. The van der Waals surface area contributed by atoms with E-state index in [0.717, 1.165) is 17.8 Å². The van der Waals surface area contributed by atoms with Gasteiger partial charge in [-0.1, -0.05) is 12.1 Å². The molecule has 44 heavy (non-hydrogen) atoms. The van der Waals surface area contributed by atoms with Crippen LogP contribution in [-0.4, -0.2) is 67.3 Å². The van der Waals surface area contributed by atoms with Crippen LogP contribution in [0.1, 0.15) is 33.7 Å². The van der Waals surface area contributed by atoms with Gasteiger partial charge in [-0.25, -0.2) is 14.8 Å². The van der Waals surface area contributed by atoms with Crippen LogP contribution >= 0.6 is 0 Å². The van der Waals surface area contributed by atoms with Gasteiger partial charge in [0.2, 0.25) is 5.95 Å². The number of aliphatic hydroxyl groups is 1. The molecule has 1 amide bonds. The number of carboxylic acid groups (broad SMARTS) is 1. The number of alkyl halides is 6. The average Bonchev–Trinajstić information content (AvgIpc) is 3.42. The summed E-state index contributed by atoms with van der Waals surface area (Å²) in [5.74, 6) is -2.88. The number of carbonyl (C=O) groups excluding carboxylic acids is 1. The minimum atomic E-state index is -5.08. The molecule has 0 bridgehead atoms. The van der Waals surface area contributed by atoms with Crippen molar-refractivity contribution in [3.63, 3.8) is 0 Å². The molecule has 4 rings (SSSR count). The summed E-state index contributed by atoms with van der Waals surface area (Å²) < 4.78 is 72.3. The third-order valence-corrected chi connectivity index (χ3v) is 5.68. The van der Waals surface area contributed by atoms with Crippen LogP contribution in [0.4, 0.5) is 32.3 Å². The highest BCUT2D eigenvalue weighted by Gasteiger charge is 2.38. The molecule has 3 aromatic heterocycles. The quantitative estimate of drug-likeness (QED) is 0.159. The molecular weight excluding hydrogens is 600 g/mol. The third kappa shape index (κ3) is 9.13. The van der Waals surface area contributed by atoms with E-state index in [0.29, 0.717) is 47.8 Å². The van der Waals surface area contributed by atoms with Gasteiger partial charge in [0.15, 0.2) is 0 Å². The molecule has 1 aromatic carbocycles. The van der Waals surface area contributed by atoms with Crippen LogP contribution in [0.5, 0.6) is 0 Å². The molecular formula is C27H23F6N7O4. The predicted molar refractivity (Wildman–Crippen MR) is 142 cm³/mol. The van der Waals surface area contributed by atoms with E-state index in [9.17, 15) is 31.1 Å². The lowest BCUT2D eigenvalue weighted by molar-refractivity contribution is -0.192. The van der Waals surface area contributed by atoms with Crippen molar-refractivity contribution in [2.45, 2.75) is 25.2 Å². The fraction of sp³-hybridized carbons (Fsp3) is 0.259. The first-order valence-electron chi connectivity index (χ1n) is 12.6. The summed E-state index contributed by atoms with van der Waals surface area (Å²) in [6, 6.07) is 11.7. The lowest BCUT2D eigenvalue weighted by Gasteiger charge is -2.11. The molecule has 0 saturated carbocycles. The van der Waals surface area contributed by atoms with Gasteiger partial charge in [0.25, 0.3) is 5.91 Å². The maximum atomic E-state index is 13.0. The second-order valence-electron chi connectivity index (χ2n) is 8.86. The maximum absolute atomic E-state index is 13.0. The molecule has 0 aliphatic carbocycles. The number of rotatable bonds is 9. The van der Waals surface area contributed by atoms with Gasteiger partial charge in [-0.15, -0.1) is 0 Å². The Balaban J connectivity index is 0.000000676. The Morgan fingerprint density at radius 3 is 2.23 bits per heavy atom. The van der Waals surface area contributed by atoms with Crippen molar-refractivity contribution in [2.24, 2.45) is 0 Å². The number of fused-ring (bicyclic) bond motifs is 1. The van der Waals surface area contributed by atoms with Gasteiger partial charge in [-0.05, 0) is 37.1 Å². The van der Waals surface area contributed by atoms with E-state index < -0.39 is 29.8 Å². The molecule has 4 aromatic rings. The molecule has 232 valence electrons. The summed E-state index contributed by atoms with van der Waals surface area (Å²) in [5.41, 5.74) is 1.84. The molecule has 0 aliphatic rings. The number of halogens is 6. The number of aliphatic hydroxyl groups excluding tert-OH is 1. The largest absolute Gasteiger partial charge is 0.490 e. The number of amides is 1. The number of aliphatic carboxylic acids is 1. The maximum Gasteiger partial charge on any atom is 0.490 e. The molecule has 11 nitrogen and oxygen atoms in total. The van der Waals surface area contributed by atoms with Crippen LogP contribution in [0.3, 0.4) is 0 Å². The van der Waals surface area contributed by atoms with Gasteiger partial charge in [0.1, 0.15) is 17.4 Å². The molecule has 0 aliphatic heterocycles. The normalized spacial score (nSPS) is 11.3. The number of hydrogen-bond acceptors (Lipinski definition) is 8. The van der Waals surface area contributed by atoms with Crippen molar-refractivity contribution < 1.29 is 46.1 Å². The van der Waals surface area contributed by atoms with Gasteiger partial charge in [-0.3, -0.25) is 14.2 Å². The zero-order valence-corrected chi connectivity index (χ0v) is 22.4. The van der Waals surface area contributed by atoms with Crippen molar-refractivity contribution in [1.29, 1.82) is 5.26 Å².